The van der Waals surface area contributed by atoms with Crippen molar-refractivity contribution in [1.82, 2.24) is 5.32 Å². The van der Waals surface area contributed by atoms with Crippen molar-refractivity contribution in [3.63, 3.8) is 0 Å². The van der Waals surface area contributed by atoms with Gasteiger partial charge in [-0.05, 0) is 58.2 Å². The topological polar surface area (TPSA) is 30.5 Å². The molecule has 0 aromatic heterocycles. The third-order valence-corrected chi connectivity index (χ3v) is 3.72. The molecule has 1 aliphatic heterocycles. The standard InChI is InChI=1S/C17H27NO2/c1-12(2)19-16-9-6-15(7-10-16)14(4)18-11-17-8-5-13(3)20-17/h6-7,9-10,12-14,17-18H,5,8,11H2,1-4H3. The van der Waals surface area contributed by atoms with Crippen molar-refractivity contribution in [3.8, 4) is 5.75 Å². The van der Waals surface area contributed by atoms with Crippen molar-refractivity contribution in [2.45, 2.75) is 64.9 Å². The number of benzene rings is 1. The van der Waals surface area contributed by atoms with Crippen LogP contribution in [-0.2, 0) is 4.74 Å². The summed E-state index contributed by atoms with van der Waals surface area (Å²) in [5.41, 5.74) is 1.28. The number of hydrogen-bond acceptors (Lipinski definition) is 3. The third kappa shape index (κ3) is 4.50. The third-order valence-electron chi connectivity index (χ3n) is 3.72. The Morgan fingerprint density at radius 1 is 1.20 bits per heavy atom. The van der Waals surface area contributed by atoms with Crippen LogP contribution in [0.15, 0.2) is 24.3 Å². The zero-order valence-electron chi connectivity index (χ0n) is 13.1. The summed E-state index contributed by atoms with van der Waals surface area (Å²) in [4.78, 5) is 0. The maximum absolute atomic E-state index is 5.83. The summed E-state index contributed by atoms with van der Waals surface area (Å²) in [6.07, 6.45) is 3.36. The van der Waals surface area contributed by atoms with Gasteiger partial charge in [0.1, 0.15) is 5.75 Å². The van der Waals surface area contributed by atoms with Gasteiger partial charge in [0.05, 0.1) is 18.3 Å². The van der Waals surface area contributed by atoms with Gasteiger partial charge >= 0.3 is 0 Å². The van der Waals surface area contributed by atoms with Crippen molar-refractivity contribution in [2.24, 2.45) is 0 Å². The van der Waals surface area contributed by atoms with E-state index >= 15 is 0 Å². The lowest BCUT2D eigenvalue weighted by atomic mass is 10.1. The predicted molar refractivity (Wildman–Crippen MR) is 82.2 cm³/mol. The first-order valence-corrected chi connectivity index (χ1v) is 7.70. The van der Waals surface area contributed by atoms with Crippen molar-refractivity contribution in [1.29, 1.82) is 0 Å². The lowest BCUT2D eigenvalue weighted by Crippen LogP contribution is -2.29. The van der Waals surface area contributed by atoms with E-state index in [-0.39, 0.29) is 6.10 Å². The van der Waals surface area contributed by atoms with Crippen LogP contribution in [-0.4, -0.2) is 24.9 Å². The molecule has 112 valence electrons. The van der Waals surface area contributed by atoms with Crippen molar-refractivity contribution in [3.05, 3.63) is 29.8 Å². The van der Waals surface area contributed by atoms with Crippen LogP contribution < -0.4 is 10.1 Å². The minimum Gasteiger partial charge on any atom is -0.491 e. The van der Waals surface area contributed by atoms with E-state index in [1.165, 1.54) is 18.4 Å². The number of hydrogen-bond donors (Lipinski definition) is 1. The van der Waals surface area contributed by atoms with E-state index in [0.717, 1.165) is 12.3 Å². The Kier molecular flexibility index (Phi) is 5.44. The quantitative estimate of drug-likeness (QED) is 0.860. The lowest BCUT2D eigenvalue weighted by Gasteiger charge is -2.18. The van der Waals surface area contributed by atoms with Crippen molar-refractivity contribution < 1.29 is 9.47 Å². The Hall–Kier alpha value is -1.06. The predicted octanol–water partition coefficient (Wildman–Crippen LogP) is 3.69. The molecule has 1 saturated heterocycles. The highest BCUT2D eigenvalue weighted by Crippen LogP contribution is 2.21. The molecule has 0 radical (unpaired) electrons. The fourth-order valence-electron chi connectivity index (χ4n) is 2.57. The Morgan fingerprint density at radius 2 is 1.90 bits per heavy atom. The summed E-state index contributed by atoms with van der Waals surface area (Å²) in [6, 6.07) is 8.69. The maximum atomic E-state index is 5.83. The summed E-state index contributed by atoms with van der Waals surface area (Å²) in [6.45, 7) is 9.35. The highest BCUT2D eigenvalue weighted by molar-refractivity contribution is 5.29. The average Bonchev–Trinajstić information content (AvgIpc) is 2.82. The fraction of sp³-hybridized carbons (Fsp3) is 0.647. The molecular weight excluding hydrogens is 250 g/mol. The summed E-state index contributed by atoms with van der Waals surface area (Å²) in [5.74, 6) is 0.934. The van der Waals surface area contributed by atoms with Crippen LogP contribution in [0.3, 0.4) is 0 Å². The maximum Gasteiger partial charge on any atom is 0.119 e. The molecule has 3 atom stereocenters. The first-order chi connectivity index (χ1) is 9.54. The lowest BCUT2D eigenvalue weighted by molar-refractivity contribution is 0.0546. The zero-order valence-corrected chi connectivity index (χ0v) is 13.1. The van der Waals surface area contributed by atoms with Crippen LogP contribution in [0.25, 0.3) is 0 Å². The molecule has 0 bridgehead atoms. The highest BCUT2D eigenvalue weighted by Gasteiger charge is 2.21. The molecule has 0 aliphatic carbocycles. The van der Waals surface area contributed by atoms with Crippen molar-refractivity contribution in [2.75, 3.05) is 6.54 Å². The van der Waals surface area contributed by atoms with E-state index in [1.807, 2.05) is 26.0 Å². The highest BCUT2D eigenvalue weighted by atomic mass is 16.5. The Bertz CT molecular complexity index is 402. The van der Waals surface area contributed by atoms with E-state index in [1.54, 1.807) is 0 Å². The summed E-state index contributed by atoms with van der Waals surface area (Å²) < 4.78 is 11.5. The molecule has 1 N–H and O–H groups in total. The Balaban J connectivity index is 1.81. The van der Waals surface area contributed by atoms with Gasteiger partial charge < -0.3 is 14.8 Å². The summed E-state index contributed by atoms with van der Waals surface area (Å²) in [7, 11) is 0. The average molecular weight is 277 g/mol. The van der Waals surface area contributed by atoms with Crippen LogP contribution in [0, 0.1) is 0 Å². The van der Waals surface area contributed by atoms with E-state index < -0.39 is 0 Å². The second-order valence-electron chi connectivity index (χ2n) is 6.01. The molecule has 1 aliphatic rings. The van der Waals surface area contributed by atoms with Gasteiger partial charge in [-0.25, -0.2) is 0 Å². The zero-order chi connectivity index (χ0) is 14.5. The second-order valence-corrected chi connectivity index (χ2v) is 6.01. The van der Waals surface area contributed by atoms with E-state index in [2.05, 4.69) is 31.3 Å². The molecule has 2 rings (SSSR count). The molecule has 20 heavy (non-hydrogen) atoms. The van der Waals surface area contributed by atoms with Crippen LogP contribution in [0.2, 0.25) is 0 Å². The van der Waals surface area contributed by atoms with Gasteiger partial charge in [-0.15, -0.1) is 0 Å². The molecule has 0 spiro atoms. The first kappa shape index (κ1) is 15.3. The van der Waals surface area contributed by atoms with Crippen LogP contribution >= 0.6 is 0 Å². The molecule has 1 aromatic rings. The largest absolute Gasteiger partial charge is 0.491 e. The SMILES string of the molecule is CC(C)Oc1ccc(C(C)NCC2CCC(C)O2)cc1. The Morgan fingerprint density at radius 3 is 2.45 bits per heavy atom. The molecular formula is C17H27NO2. The van der Waals surface area contributed by atoms with Gasteiger partial charge in [-0.1, -0.05) is 12.1 Å². The van der Waals surface area contributed by atoms with Gasteiger partial charge in [0.25, 0.3) is 0 Å². The van der Waals surface area contributed by atoms with Crippen LogP contribution in [0.5, 0.6) is 5.75 Å². The van der Waals surface area contributed by atoms with E-state index in [4.69, 9.17) is 9.47 Å². The van der Waals surface area contributed by atoms with Gasteiger partial charge in [-0.3, -0.25) is 0 Å². The molecule has 1 aromatic carbocycles. The first-order valence-electron chi connectivity index (χ1n) is 7.70. The molecule has 1 fully saturated rings. The van der Waals surface area contributed by atoms with E-state index in [9.17, 15) is 0 Å². The molecule has 1 heterocycles. The normalized spacial score (nSPS) is 24.1. The monoisotopic (exact) mass is 277 g/mol. The van der Waals surface area contributed by atoms with Gasteiger partial charge in [0, 0.05) is 12.6 Å². The minimum atomic E-state index is 0.220. The van der Waals surface area contributed by atoms with Gasteiger partial charge in [0.2, 0.25) is 0 Å². The smallest absolute Gasteiger partial charge is 0.119 e. The van der Waals surface area contributed by atoms with E-state index in [0.29, 0.717) is 18.2 Å². The Labute approximate surface area is 122 Å². The second kappa shape index (κ2) is 7.09. The van der Waals surface area contributed by atoms with Gasteiger partial charge in [0.15, 0.2) is 0 Å². The minimum absolute atomic E-state index is 0.220. The molecule has 3 unspecified atom stereocenters. The number of rotatable bonds is 6. The molecule has 3 heteroatoms. The van der Waals surface area contributed by atoms with Crippen molar-refractivity contribution >= 4 is 0 Å². The van der Waals surface area contributed by atoms with Crippen LogP contribution in [0.4, 0.5) is 0 Å². The van der Waals surface area contributed by atoms with Crippen LogP contribution in [0.1, 0.15) is 52.1 Å². The summed E-state index contributed by atoms with van der Waals surface area (Å²) in [5, 5.41) is 3.56. The molecule has 0 amide bonds. The van der Waals surface area contributed by atoms with Gasteiger partial charge in [-0.2, -0.15) is 0 Å². The molecule has 3 nitrogen and oxygen atoms in total. The summed E-state index contributed by atoms with van der Waals surface area (Å²) >= 11 is 0. The molecule has 0 saturated carbocycles. The number of ether oxygens (including phenoxy) is 2. The number of nitrogens with one attached hydrogen (secondary N) is 1. The fourth-order valence-corrected chi connectivity index (χ4v) is 2.57.